The van der Waals surface area contributed by atoms with Gasteiger partial charge in [-0.1, -0.05) is 23.2 Å². The summed E-state index contributed by atoms with van der Waals surface area (Å²) in [6.07, 6.45) is -0.594. The number of hydrogen-bond donors (Lipinski definition) is 1. The molecule has 0 aliphatic carbocycles. The van der Waals surface area contributed by atoms with Crippen molar-refractivity contribution in [2.24, 2.45) is 0 Å². The van der Waals surface area contributed by atoms with Crippen LogP contribution in [0.4, 0.5) is 10.7 Å². The van der Waals surface area contributed by atoms with Crippen molar-refractivity contribution in [3.05, 3.63) is 33.6 Å². The van der Waals surface area contributed by atoms with Gasteiger partial charge in [-0.2, -0.15) is 4.98 Å². The number of nitrogens with one attached hydrogen (secondary N) is 1. The normalized spacial score (nSPS) is 10.9. The number of nitrogens with zero attached hydrogens (tertiary/aromatic N) is 3. The van der Waals surface area contributed by atoms with Crippen LogP contribution < -0.4 is 5.32 Å². The molecule has 2 aromatic heterocycles. The Hall–Kier alpha value is -1.83. The molecule has 0 bridgehead atoms. The third kappa shape index (κ3) is 2.87. The van der Waals surface area contributed by atoms with Crippen LogP contribution in [0.5, 0.6) is 0 Å². The molecule has 3 rings (SSSR count). The summed E-state index contributed by atoms with van der Waals surface area (Å²) < 4.78 is 6.39. The van der Waals surface area contributed by atoms with Gasteiger partial charge < -0.3 is 4.74 Å². The van der Waals surface area contributed by atoms with Crippen LogP contribution in [0.1, 0.15) is 6.92 Å². The lowest BCUT2D eigenvalue weighted by atomic mass is 10.2. The lowest BCUT2D eigenvalue weighted by Gasteiger charge is -2.03. The molecule has 6 nitrogen and oxygen atoms in total. The predicted octanol–water partition coefficient (Wildman–Crippen LogP) is 4.33. The predicted molar refractivity (Wildman–Crippen MR) is 87.0 cm³/mol. The number of benzene rings is 1. The van der Waals surface area contributed by atoms with Gasteiger partial charge in [0.25, 0.3) is 5.95 Å². The van der Waals surface area contributed by atoms with E-state index in [4.69, 9.17) is 27.9 Å². The maximum atomic E-state index is 11.4. The van der Waals surface area contributed by atoms with Crippen LogP contribution in [0.2, 0.25) is 10.0 Å². The second-order valence-electron chi connectivity index (χ2n) is 4.22. The number of amides is 1. The molecule has 0 aliphatic rings. The molecule has 1 amide bonds. The molecule has 0 saturated carbocycles. The third-order valence-corrected chi connectivity index (χ3v) is 4.16. The van der Waals surface area contributed by atoms with E-state index in [1.165, 1.54) is 11.3 Å². The Balaban J connectivity index is 1.99. The van der Waals surface area contributed by atoms with Crippen molar-refractivity contribution < 1.29 is 9.53 Å². The van der Waals surface area contributed by atoms with Gasteiger partial charge in [-0.25, -0.2) is 9.31 Å². The Morgan fingerprint density at radius 2 is 2.27 bits per heavy atom. The Morgan fingerprint density at radius 3 is 3.05 bits per heavy atom. The fourth-order valence-electron chi connectivity index (χ4n) is 1.87. The SMILES string of the molecule is CCOC(=O)Nc1nc2scc(-c3cc(Cl)ccc3Cl)n2n1. The average molecular weight is 357 g/mol. The number of ether oxygens (including phenoxy) is 1. The third-order valence-electron chi connectivity index (χ3n) is 2.78. The number of thiazole rings is 1. The summed E-state index contributed by atoms with van der Waals surface area (Å²) in [5.41, 5.74) is 1.49. The van der Waals surface area contributed by atoms with E-state index in [0.29, 0.717) is 15.0 Å². The highest BCUT2D eigenvalue weighted by molar-refractivity contribution is 7.15. The highest BCUT2D eigenvalue weighted by atomic mass is 35.5. The van der Waals surface area contributed by atoms with E-state index in [-0.39, 0.29) is 12.6 Å². The molecule has 9 heteroatoms. The van der Waals surface area contributed by atoms with Crippen molar-refractivity contribution in [1.82, 2.24) is 14.6 Å². The monoisotopic (exact) mass is 356 g/mol. The van der Waals surface area contributed by atoms with E-state index in [0.717, 1.165) is 11.3 Å². The van der Waals surface area contributed by atoms with Crippen LogP contribution in [0.3, 0.4) is 0 Å². The summed E-state index contributed by atoms with van der Waals surface area (Å²) in [5, 5.41) is 9.71. The Kier molecular flexibility index (Phi) is 4.19. The molecular weight excluding hydrogens is 347 g/mol. The minimum Gasteiger partial charge on any atom is -0.450 e. The highest BCUT2D eigenvalue weighted by Gasteiger charge is 2.15. The maximum Gasteiger partial charge on any atom is 0.414 e. The molecule has 0 atom stereocenters. The molecule has 0 saturated heterocycles. The van der Waals surface area contributed by atoms with Crippen molar-refractivity contribution in [3.8, 4) is 11.3 Å². The number of rotatable bonds is 3. The standard InChI is InChI=1S/C13H10Cl2N4O2S/c1-2-21-13(20)17-11-16-12-19(18-11)10(6-22-12)8-5-7(14)3-4-9(8)15/h3-6H,2H2,1H3,(H,17,18,20). The molecule has 0 unspecified atom stereocenters. The summed E-state index contributed by atoms with van der Waals surface area (Å²) in [5.74, 6) is 0.171. The first-order chi connectivity index (χ1) is 10.6. The number of halogens is 2. The number of carbonyl (C=O) groups excluding carboxylic acids is 1. The van der Waals surface area contributed by atoms with Gasteiger partial charge in [0.05, 0.1) is 17.3 Å². The van der Waals surface area contributed by atoms with Crippen molar-refractivity contribution in [1.29, 1.82) is 0 Å². The topological polar surface area (TPSA) is 68.5 Å². The van der Waals surface area contributed by atoms with Crippen LogP contribution in [-0.4, -0.2) is 27.3 Å². The molecule has 0 fully saturated rings. The summed E-state index contributed by atoms with van der Waals surface area (Å²) in [7, 11) is 0. The molecule has 114 valence electrons. The molecule has 2 heterocycles. The molecule has 0 spiro atoms. The van der Waals surface area contributed by atoms with E-state index >= 15 is 0 Å². The van der Waals surface area contributed by atoms with Gasteiger partial charge in [-0.3, -0.25) is 5.32 Å². The Labute approximate surface area is 139 Å². The fraction of sp³-hybridized carbons (Fsp3) is 0.154. The first-order valence-corrected chi connectivity index (χ1v) is 7.95. The number of fused-ring (bicyclic) bond motifs is 1. The van der Waals surface area contributed by atoms with Crippen molar-refractivity contribution in [3.63, 3.8) is 0 Å². The zero-order chi connectivity index (χ0) is 15.7. The minimum absolute atomic E-state index is 0.171. The second kappa shape index (κ2) is 6.12. The largest absolute Gasteiger partial charge is 0.450 e. The Bertz CT molecular complexity index is 846. The van der Waals surface area contributed by atoms with Crippen molar-refractivity contribution >= 4 is 51.5 Å². The maximum absolute atomic E-state index is 11.4. The minimum atomic E-state index is -0.594. The van der Waals surface area contributed by atoms with E-state index in [9.17, 15) is 4.79 Å². The van der Waals surface area contributed by atoms with Crippen LogP contribution in [0.25, 0.3) is 16.2 Å². The highest BCUT2D eigenvalue weighted by Crippen LogP contribution is 2.33. The summed E-state index contributed by atoms with van der Waals surface area (Å²) >= 11 is 13.6. The van der Waals surface area contributed by atoms with Gasteiger partial charge in [-0.05, 0) is 25.1 Å². The van der Waals surface area contributed by atoms with Crippen LogP contribution in [0.15, 0.2) is 23.6 Å². The van der Waals surface area contributed by atoms with E-state index in [2.05, 4.69) is 15.4 Å². The molecule has 0 aliphatic heterocycles. The lowest BCUT2D eigenvalue weighted by molar-refractivity contribution is 0.167. The van der Waals surface area contributed by atoms with E-state index < -0.39 is 6.09 Å². The molecule has 3 aromatic rings. The molecular formula is C13H10Cl2N4O2S. The van der Waals surface area contributed by atoms with Gasteiger partial charge >= 0.3 is 6.09 Å². The zero-order valence-electron chi connectivity index (χ0n) is 11.3. The lowest BCUT2D eigenvalue weighted by Crippen LogP contribution is -2.14. The second-order valence-corrected chi connectivity index (χ2v) is 5.90. The summed E-state index contributed by atoms with van der Waals surface area (Å²) in [6, 6.07) is 5.19. The van der Waals surface area contributed by atoms with Crippen molar-refractivity contribution in [2.75, 3.05) is 11.9 Å². The van der Waals surface area contributed by atoms with Crippen LogP contribution in [-0.2, 0) is 4.74 Å². The van der Waals surface area contributed by atoms with Gasteiger partial charge in [-0.15, -0.1) is 16.4 Å². The molecule has 0 radical (unpaired) electrons. The molecule has 1 aromatic carbocycles. The summed E-state index contributed by atoms with van der Waals surface area (Å²) in [4.78, 5) is 16.2. The fourth-order valence-corrected chi connectivity index (χ4v) is 3.08. The number of hydrogen-bond acceptors (Lipinski definition) is 5. The zero-order valence-corrected chi connectivity index (χ0v) is 13.7. The van der Waals surface area contributed by atoms with Gasteiger partial charge in [0.1, 0.15) is 0 Å². The van der Waals surface area contributed by atoms with Crippen LogP contribution >= 0.6 is 34.5 Å². The van der Waals surface area contributed by atoms with Gasteiger partial charge in [0, 0.05) is 16.0 Å². The quantitative estimate of drug-likeness (QED) is 0.757. The van der Waals surface area contributed by atoms with E-state index in [1.807, 2.05) is 5.38 Å². The first kappa shape index (κ1) is 15.1. The first-order valence-electron chi connectivity index (χ1n) is 6.32. The summed E-state index contributed by atoms with van der Waals surface area (Å²) in [6.45, 7) is 2.00. The van der Waals surface area contributed by atoms with Crippen LogP contribution in [0, 0.1) is 0 Å². The van der Waals surface area contributed by atoms with Crippen molar-refractivity contribution in [2.45, 2.75) is 6.92 Å². The molecule has 1 N–H and O–H groups in total. The number of carbonyl (C=O) groups is 1. The smallest absolute Gasteiger partial charge is 0.414 e. The molecule has 22 heavy (non-hydrogen) atoms. The van der Waals surface area contributed by atoms with Gasteiger partial charge in [0.2, 0.25) is 4.96 Å². The Morgan fingerprint density at radius 1 is 1.45 bits per heavy atom. The average Bonchev–Trinajstić information content (AvgIpc) is 3.01. The van der Waals surface area contributed by atoms with Gasteiger partial charge in [0.15, 0.2) is 0 Å². The number of aromatic nitrogens is 3. The number of anilines is 1. The van der Waals surface area contributed by atoms with E-state index in [1.54, 1.807) is 29.6 Å².